The van der Waals surface area contributed by atoms with Crippen LogP contribution in [-0.2, 0) is 16.1 Å². The van der Waals surface area contributed by atoms with Gasteiger partial charge in [0.05, 0.1) is 17.1 Å². The smallest absolute Gasteiger partial charge is 0.338 e. The van der Waals surface area contributed by atoms with Gasteiger partial charge in [0, 0.05) is 17.6 Å². The van der Waals surface area contributed by atoms with Crippen molar-refractivity contribution in [3.8, 4) is 5.75 Å². The molecule has 0 heterocycles. The van der Waals surface area contributed by atoms with Crippen molar-refractivity contribution in [2.45, 2.75) is 66.7 Å². The molecule has 0 radical (unpaired) electrons. The van der Waals surface area contributed by atoms with Crippen LogP contribution in [0.1, 0.15) is 74.7 Å². The van der Waals surface area contributed by atoms with Gasteiger partial charge < -0.3 is 19.9 Å². The molecule has 6 heteroatoms. The lowest BCUT2D eigenvalue weighted by molar-refractivity contribution is -0.143. The molecule has 0 aromatic heterocycles. The van der Waals surface area contributed by atoms with Gasteiger partial charge in [-0.1, -0.05) is 23.8 Å². The maximum absolute atomic E-state index is 12.5. The number of carbonyl (C=O) groups is 2. The van der Waals surface area contributed by atoms with Crippen LogP contribution >= 0.6 is 0 Å². The molecule has 0 aliphatic carbocycles. The summed E-state index contributed by atoms with van der Waals surface area (Å²) in [6, 6.07) is 12.1. The fourth-order valence-corrected chi connectivity index (χ4v) is 2.71. The van der Waals surface area contributed by atoms with Crippen molar-refractivity contribution in [2.24, 2.45) is 5.41 Å². The van der Waals surface area contributed by atoms with E-state index >= 15 is 0 Å². The molecule has 0 spiro atoms. The van der Waals surface area contributed by atoms with Gasteiger partial charge in [-0.3, -0.25) is 4.79 Å². The lowest BCUT2D eigenvalue weighted by atomic mass is 9.97. The lowest BCUT2D eigenvalue weighted by Gasteiger charge is -2.24. The highest BCUT2D eigenvalue weighted by Crippen LogP contribution is 2.27. The first-order valence-electron chi connectivity index (χ1n) is 10.8. The molecule has 6 nitrogen and oxygen atoms in total. The Morgan fingerprint density at radius 1 is 1.00 bits per heavy atom. The predicted octanol–water partition coefficient (Wildman–Crippen LogP) is 4.73. The van der Waals surface area contributed by atoms with Crippen molar-refractivity contribution < 1.29 is 24.2 Å². The Hall–Kier alpha value is -2.70. The van der Waals surface area contributed by atoms with Gasteiger partial charge in [-0.05, 0) is 78.3 Å². The third-order valence-electron chi connectivity index (χ3n) is 4.76. The summed E-state index contributed by atoms with van der Waals surface area (Å²) in [7, 11) is 0. The number of aliphatic hydroxyl groups is 1. The molecule has 2 N–H and O–H groups in total. The molecular weight excluding hydrogens is 406 g/mol. The summed E-state index contributed by atoms with van der Waals surface area (Å²) in [4.78, 5) is 24.9. The number of hydrogen-bond donors (Lipinski definition) is 2. The van der Waals surface area contributed by atoms with Crippen molar-refractivity contribution in [2.75, 3.05) is 6.54 Å². The van der Waals surface area contributed by atoms with Crippen molar-refractivity contribution in [1.82, 2.24) is 5.32 Å². The molecule has 2 aromatic rings. The minimum Gasteiger partial charge on any atom is -0.457 e. The zero-order valence-electron chi connectivity index (χ0n) is 20.1. The molecule has 32 heavy (non-hydrogen) atoms. The molecule has 0 bridgehead atoms. The van der Waals surface area contributed by atoms with Crippen LogP contribution in [0.25, 0.3) is 0 Å². The van der Waals surface area contributed by atoms with Gasteiger partial charge in [-0.15, -0.1) is 0 Å². The van der Waals surface area contributed by atoms with Crippen LogP contribution in [0.2, 0.25) is 0 Å². The second kappa shape index (κ2) is 10.3. The molecular formula is C26H35NO5. The standard InChI is InChI=1S/C26H35NO5/c1-17-8-10-18(11-9-17)23(29)31-16-20-14-19(21(28)15-27-26(5,6)7)12-13-22(20)32-24(30)25(2,3)4/h8-14,21,27-28H,15-16H2,1-7H3. The number of nitrogens with one attached hydrogen (secondary N) is 1. The minimum absolute atomic E-state index is 0.0906. The zero-order chi connectivity index (χ0) is 24.1. The van der Waals surface area contributed by atoms with Gasteiger partial charge in [0.25, 0.3) is 0 Å². The van der Waals surface area contributed by atoms with Gasteiger partial charge in [-0.25, -0.2) is 4.79 Å². The molecule has 0 fully saturated rings. The molecule has 0 aliphatic rings. The number of aliphatic hydroxyl groups excluding tert-OH is 1. The Bertz CT molecular complexity index is 936. The van der Waals surface area contributed by atoms with Crippen LogP contribution in [-0.4, -0.2) is 29.1 Å². The third-order valence-corrected chi connectivity index (χ3v) is 4.76. The molecule has 0 saturated heterocycles. The summed E-state index contributed by atoms with van der Waals surface area (Å²) in [5.41, 5.74) is 1.80. The molecule has 1 unspecified atom stereocenters. The number of β-amino-alcohol motifs (C(OH)–C–C–N with tert-alkyl or cyclic N) is 1. The average molecular weight is 442 g/mol. The number of carbonyl (C=O) groups excluding carboxylic acids is 2. The average Bonchev–Trinajstić information content (AvgIpc) is 2.70. The first-order chi connectivity index (χ1) is 14.8. The third kappa shape index (κ3) is 7.77. The van der Waals surface area contributed by atoms with Crippen LogP contribution in [0, 0.1) is 12.3 Å². The Kier molecular flexibility index (Phi) is 8.21. The van der Waals surface area contributed by atoms with E-state index in [2.05, 4.69) is 5.32 Å². The van der Waals surface area contributed by atoms with Crippen molar-refractivity contribution in [1.29, 1.82) is 0 Å². The molecule has 1 atom stereocenters. The summed E-state index contributed by atoms with van der Waals surface area (Å²) >= 11 is 0. The number of esters is 2. The number of rotatable bonds is 7. The van der Waals surface area contributed by atoms with E-state index in [0.29, 0.717) is 29.0 Å². The van der Waals surface area contributed by atoms with E-state index in [1.165, 1.54) is 0 Å². The van der Waals surface area contributed by atoms with Crippen LogP contribution in [0.5, 0.6) is 5.75 Å². The predicted molar refractivity (Wildman–Crippen MR) is 125 cm³/mol. The van der Waals surface area contributed by atoms with Gasteiger partial charge in [-0.2, -0.15) is 0 Å². The van der Waals surface area contributed by atoms with E-state index in [-0.39, 0.29) is 12.1 Å². The van der Waals surface area contributed by atoms with Gasteiger partial charge in [0.2, 0.25) is 0 Å². The minimum atomic E-state index is -0.770. The van der Waals surface area contributed by atoms with Crippen molar-refractivity contribution in [3.63, 3.8) is 0 Å². The summed E-state index contributed by atoms with van der Waals surface area (Å²) in [5, 5.41) is 13.9. The SMILES string of the molecule is Cc1ccc(C(=O)OCc2cc(C(O)CNC(C)(C)C)ccc2OC(=O)C(C)(C)C)cc1. The Labute approximate surface area is 190 Å². The molecule has 0 saturated carbocycles. The Morgan fingerprint density at radius 3 is 2.19 bits per heavy atom. The van der Waals surface area contributed by atoms with E-state index < -0.39 is 23.5 Å². The number of benzene rings is 2. The second-order valence-electron chi connectivity index (χ2n) is 10.1. The zero-order valence-corrected chi connectivity index (χ0v) is 20.1. The van der Waals surface area contributed by atoms with Crippen molar-refractivity contribution >= 4 is 11.9 Å². The van der Waals surface area contributed by atoms with Gasteiger partial charge in [0.15, 0.2) is 0 Å². The van der Waals surface area contributed by atoms with Gasteiger partial charge >= 0.3 is 11.9 Å². The first-order valence-corrected chi connectivity index (χ1v) is 10.8. The number of ether oxygens (including phenoxy) is 2. The number of aryl methyl sites for hydroxylation is 1. The maximum atomic E-state index is 12.5. The lowest BCUT2D eigenvalue weighted by Crippen LogP contribution is -2.38. The quantitative estimate of drug-likeness (QED) is 0.478. The van der Waals surface area contributed by atoms with E-state index in [1.807, 2.05) is 39.8 Å². The van der Waals surface area contributed by atoms with E-state index in [0.717, 1.165) is 5.56 Å². The molecule has 2 aromatic carbocycles. The highest BCUT2D eigenvalue weighted by molar-refractivity contribution is 5.89. The monoisotopic (exact) mass is 441 g/mol. The summed E-state index contributed by atoms with van der Waals surface area (Å²) in [5.74, 6) is -0.564. The molecule has 0 aliphatic heterocycles. The summed E-state index contributed by atoms with van der Waals surface area (Å²) < 4.78 is 11.1. The first kappa shape index (κ1) is 25.6. The second-order valence-corrected chi connectivity index (χ2v) is 10.1. The van der Waals surface area contributed by atoms with Crippen LogP contribution < -0.4 is 10.1 Å². The fraction of sp³-hybridized carbons (Fsp3) is 0.462. The van der Waals surface area contributed by atoms with Crippen LogP contribution in [0.15, 0.2) is 42.5 Å². The van der Waals surface area contributed by atoms with Crippen molar-refractivity contribution in [3.05, 3.63) is 64.7 Å². The Morgan fingerprint density at radius 2 is 1.62 bits per heavy atom. The van der Waals surface area contributed by atoms with E-state index in [4.69, 9.17) is 9.47 Å². The molecule has 0 amide bonds. The van der Waals surface area contributed by atoms with Gasteiger partial charge in [0.1, 0.15) is 12.4 Å². The normalized spacial score (nSPS) is 12.9. The highest BCUT2D eigenvalue weighted by Gasteiger charge is 2.25. The summed E-state index contributed by atoms with van der Waals surface area (Å²) in [6.07, 6.45) is -0.770. The maximum Gasteiger partial charge on any atom is 0.338 e. The van der Waals surface area contributed by atoms with Crippen LogP contribution in [0.4, 0.5) is 0 Å². The highest BCUT2D eigenvalue weighted by atomic mass is 16.5. The van der Waals surface area contributed by atoms with E-state index in [9.17, 15) is 14.7 Å². The molecule has 2 rings (SSSR count). The summed E-state index contributed by atoms with van der Waals surface area (Å²) in [6.45, 7) is 13.6. The largest absolute Gasteiger partial charge is 0.457 e. The molecule has 174 valence electrons. The number of hydrogen-bond acceptors (Lipinski definition) is 6. The van der Waals surface area contributed by atoms with Crippen LogP contribution in [0.3, 0.4) is 0 Å². The topological polar surface area (TPSA) is 84.9 Å². The van der Waals surface area contributed by atoms with E-state index in [1.54, 1.807) is 51.1 Å². The fourth-order valence-electron chi connectivity index (χ4n) is 2.71. The Balaban J connectivity index is 2.24.